The van der Waals surface area contributed by atoms with Crippen molar-refractivity contribution in [2.45, 2.75) is 51.4 Å². The monoisotopic (exact) mass is 206 g/mol. The first-order chi connectivity index (χ1) is 5.91. The molecule has 0 saturated heterocycles. The van der Waals surface area contributed by atoms with Crippen LogP contribution in [0.3, 0.4) is 0 Å². The fourth-order valence-corrected chi connectivity index (χ4v) is 1.67. The summed E-state index contributed by atoms with van der Waals surface area (Å²) in [5, 5.41) is 0.446. The molecule has 0 amide bonds. The van der Waals surface area contributed by atoms with Crippen molar-refractivity contribution >= 4 is 17.9 Å². The number of rotatable bonds is 4. The van der Waals surface area contributed by atoms with Gasteiger partial charge in [0.25, 0.3) is 0 Å². The van der Waals surface area contributed by atoms with Gasteiger partial charge in [0.15, 0.2) is 0 Å². The Kier molecular flexibility index (Phi) is 5.95. The van der Waals surface area contributed by atoms with E-state index in [1.807, 2.05) is 6.92 Å². The van der Waals surface area contributed by atoms with Gasteiger partial charge in [-0.2, -0.15) is 0 Å². The maximum atomic E-state index is 11.0. The molecule has 0 aliphatic rings. The molecule has 0 rings (SSSR count). The molecule has 1 unspecified atom stereocenters. The third kappa shape index (κ3) is 7.96. The highest BCUT2D eigenvalue weighted by atomic mass is 32.2. The van der Waals surface area contributed by atoms with Gasteiger partial charge in [-0.05, 0) is 20.8 Å². The number of hydrogen-bond donors (Lipinski definition) is 0. The van der Waals surface area contributed by atoms with Crippen LogP contribution in [0.1, 0.15) is 34.6 Å². The standard InChI is InChI=1S/C9H18O3S/c1-6(2)11-9(10)12-8(5)13-7(3)4/h6-8H,1-5H3. The van der Waals surface area contributed by atoms with Crippen LogP contribution in [0.5, 0.6) is 0 Å². The van der Waals surface area contributed by atoms with Gasteiger partial charge in [0, 0.05) is 5.25 Å². The third-order valence-electron chi connectivity index (χ3n) is 1.06. The van der Waals surface area contributed by atoms with E-state index in [9.17, 15) is 4.79 Å². The molecule has 0 spiro atoms. The topological polar surface area (TPSA) is 35.5 Å². The molecule has 0 fully saturated rings. The second-order valence-electron chi connectivity index (χ2n) is 3.29. The molecule has 13 heavy (non-hydrogen) atoms. The summed E-state index contributed by atoms with van der Waals surface area (Å²) in [5.74, 6) is 0. The minimum absolute atomic E-state index is 0.122. The summed E-state index contributed by atoms with van der Waals surface area (Å²) in [6.45, 7) is 9.53. The smallest absolute Gasteiger partial charge is 0.432 e. The van der Waals surface area contributed by atoms with Crippen LogP contribution in [-0.2, 0) is 9.47 Å². The molecule has 0 bridgehead atoms. The van der Waals surface area contributed by atoms with Crippen LogP contribution in [0.4, 0.5) is 4.79 Å². The van der Waals surface area contributed by atoms with Gasteiger partial charge in [-0.1, -0.05) is 13.8 Å². The lowest BCUT2D eigenvalue weighted by atomic mass is 10.5. The highest BCUT2D eigenvalue weighted by Gasteiger charge is 2.13. The van der Waals surface area contributed by atoms with Crippen LogP contribution in [-0.4, -0.2) is 22.9 Å². The minimum atomic E-state index is -0.587. The molecule has 0 aromatic rings. The normalized spacial score (nSPS) is 13.2. The summed E-state index contributed by atoms with van der Waals surface area (Å²) in [6, 6.07) is 0. The van der Waals surface area contributed by atoms with Crippen LogP contribution >= 0.6 is 11.8 Å². The van der Waals surface area contributed by atoms with Gasteiger partial charge in [-0.25, -0.2) is 4.79 Å². The highest BCUT2D eigenvalue weighted by molar-refractivity contribution is 8.00. The Balaban J connectivity index is 3.65. The highest BCUT2D eigenvalue weighted by Crippen LogP contribution is 2.18. The van der Waals surface area contributed by atoms with E-state index in [0.29, 0.717) is 5.25 Å². The zero-order chi connectivity index (χ0) is 10.4. The molecule has 0 aliphatic heterocycles. The van der Waals surface area contributed by atoms with Crippen molar-refractivity contribution < 1.29 is 14.3 Å². The zero-order valence-electron chi connectivity index (χ0n) is 8.87. The molecule has 0 aromatic carbocycles. The molecule has 0 aliphatic carbocycles. The Morgan fingerprint density at radius 2 is 1.62 bits per heavy atom. The average molecular weight is 206 g/mol. The van der Waals surface area contributed by atoms with Gasteiger partial charge in [-0.15, -0.1) is 11.8 Å². The number of carbonyl (C=O) groups excluding carboxylic acids is 1. The van der Waals surface area contributed by atoms with Crippen molar-refractivity contribution in [1.29, 1.82) is 0 Å². The van der Waals surface area contributed by atoms with Crippen LogP contribution in [0.25, 0.3) is 0 Å². The number of carbonyl (C=O) groups is 1. The zero-order valence-corrected chi connectivity index (χ0v) is 9.68. The molecule has 1 atom stereocenters. The predicted octanol–water partition coefficient (Wildman–Crippen LogP) is 3.04. The Morgan fingerprint density at radius 3 is 2.00 bits per heavy atom. The first-order valence-corrected chi connectivity index (χ1v) is 5.38. The maximum absolute atomic E-state index is 11.0. The third-order valence-corrected chi connectivity index (χ3v) is 2.08. The Morgan fingerprint density at radius 1 is 1.08 bits per heavy atom. The summed E-state index contributed by atoms with van der Waals surface area (Å²) >= 11 is 1.59. The molecule has 0 aromatic heterocycles. The lowest BCUT2D eigenvalue weighted by Crippen LogP contribution is -2.18. The van der Waals surface area contributed by atoms with Gasteiger partial charge >= 0.3 is 6.16 Å². The van der Waals surface area contributed by atoms with E-state index in [-0.39, 0.29) is 11.5 Å². The first-order valence-electron chi connectivity index (χ1n) is 4.44. The molecular weight excluding hydrogens is 188 g/mol. The van der Waals surface area contributed by atoms with Gasteiger partial charge < -0.3 is 9.47 Å². The Bertz CT molecular complexity index is 157. The summed E-state index contributed by atoms with van der Waals surface area (Å²) in [5.41, 5.74) is -0.147. The molecule has 0 saturated carbocycles. The van der Waals surface area contributed by atoms with Crippen molar-refractivity contribution in [3.05, 3.63) is 0 Å². The lowest BCUT2D eigenvalue weighted by Gasteiger charge is -2.15. The first kappa shape index (κ1) is 12.6. The van der Waals surface area contributed by atoms with E-state index in [1.54, 1.807) is 25.6 Å². The van der Waals surface area contributed by atoms with Crippen molar-refractivity contribution in [2.75, 3.05) is 0 Å². The SMILES string of the molecule is CC(C)OC(=O)OC(C)SC(C)C. The molecule has 3 nitrogen and oxygen atoms in total. The van der Waals surface area contributed by atoms with Crippen LogP contribution in [0.15, 0.2) is 0 Å². The van der Waals surface area contributed by atoms with Crippen LogP contribution in [0, 0.1) is 0 Å². The largest absolute Gasteiger partial charge is 0.509 e. The van der Waals surface area contributed by atoms with E-state index in [4.69, 9.17) is 9.47 Å². The number of ether oxygens (including phenoxy) is 2. The molecule has 0 N–H and O–H groups in total. The number of thioether (sulfide) groups is 1. The van der Waals surface area contributed by atoms with Gasteiger partial charge in [0.1, 0.15) is 5.44 Å². The van der Waals surface area contributed by atoms with Gasteiger partial charge in [0.2, 0.25) is 0 Å². The van der Waals surface area contributed by atoms with E-state index in [2.05, 4.69) is 13.8 Å². The van der Waals surface area contributed by atoms with E-state index in [0.717, 1.165) is 0 Å². The van der Waals surface area contributed by atoms with Crippen molar-refractivity contribution in [3.63, 3.8) is 0 Å². The van der Waals surface area contributed by atoms with Crippen molar-refractivity contribution in [2.24, 2.45) is 0 Å². The van der Waals surface area contributed by atoms with E-state index < -0.39 is 6.16 Å². The second kappa shape index (κ2) is 6.13. The van der Waals surface area contributed by atoms with Crippen LogP contribution in [0.2, 0.25) is 0 Å². The summed E-state index contributed by atoms with van der Waals surface area (Å²) in [7, 11) is 0. The second-order valence-corrected chi connectivity index (χ2v) is 5.17. The summed E-state index contributed by atoms with van der Waals surface area (Å²) < 4.78 is 9.80. The number of hydrogen-bond acceptors (Lipinski definition) is 4. The molecular formula is C9H18O3S. The fourth-order valence-electron chi connectivity index (χ4n) is 0.767. The maximum Gasteiger partial charge on any atom is 0.509 e. The summed E-state index contributed by atoms with van der Waals surface area (Å²) in [6.07, 6.45) is -0.709. The lowest BCUT2D eigenvalue weighted by molar-refractivity contribution is 0.0311. The summed E-state index contributed by atoms with van der Waals surface area (Å²) in [4.78, 5) is 11.0. The minimum Gasteiger partial charge on any atom is -0.432 e. The quantitative estimate of drug-likeness (QED) is 0.523. The average Bonchev–Trinajstić information content (AvgIpc) is 1.80. The van der Waals surface area contributed by atoms with Gasteiger partial charge in [-0.3, -0.25) is 0 Å². The predicted molar refractivity (Wildman–Crippen MR) is 54.9 cm³/mol. The molecule has 78 valence electrons. The molecule has 0 heterocycles. The van der Waals surface area contributed by atoms with E-state index in [1.165, 1.54) is 0 Å². The Labute approximate surface area is 84.2 Å². The van der Waals surface area contributed by atoms with Crippen molar-refractivity contribution in [3.8, 4) is 0 Å². The van der Waals surface area contributed by atoms with Gasteiger partial charge in [0.05, 0.1) is 6.10 Å². The Hall–Kier alpha value is -0.380. The molecule has 4 heteroatoms. The van der Waals surface area contributed by atoms with E-state index >= 15 is 0 Å². The van der Waals surface area contributed by atoms with Crippen molar-refractivity contribution in [1.82, 2.24) is 0 Å². The fraction of sp³-hybridized carbons (Fsp3) is 0.889. The van der Waals surface area contributed by atoms with Crippen LogP contribution < -0.4 is 0 Å². The molecule has 0 radical (unpaired) electrons.